The van der Waals surface area contributed by atoms with E-state index >= 15 is 0 Å². The summed E-state index contributed by atoms with van der Waals surface area (Å²) >= 11 is 6.08. The number of ketones is 2. The summed E-state index contributed by atoms with van der Waals surface area (Å²) in [4.78, 5) is 24.3. The molecular weight excluding hydrogens is 288 g/mol. The maximum absolute atomic E-state index is 12.3. The molecule has 0 fully saturated rings. The summed E-state index contributed by atoms with van der Waals surface area (Å²) in [6.45, 7) is 2.80. The standard InChI is InChI=1S/C17H15ClO3/c1-17(2,21)16(20)13-9-8-12(10-14(13)18)15(19)11-6-4-3-5-7-11/h3-10,21H,1-2H3. The third-order valence-electron chi connectivity index (χ3n) is 3.07. The quantitative estimate of drug-likeness (QED) is 0.879. The molecule has 0 heterocycles. The molecule has 0 spiro atoms. The second kappa shape index (κ2) is 5.80. The van der Waals surface area contributed by atoms with Crippen LogP contribution in [0, 0.1) is 0 Å². The van der Waals surface area contributed by atoms with Crippen molar-refractivity contribution in [3.8, 4) is 0 Å². The van der Waals surface area contributed by atoms with Gasteiger partial charge in [0, 0.05) is 16.7 Å². The van der Waals surface area contributed by atoms with E-state index < -0.39 is 11.4 Å². The molecule has 2 rings (SSSR count). The maximum Gasteiger partial charge on any atom is 0.195 e. The monoisotopic (exact) mass is 302 g/mol. The van der Waals surface area contributed by atoms with Crippen LogP contribution in [-0.4, -0.2) is 22.3 Å². The lowest BCUT2D eigenvalue weighted by molar-refractivity contribution is 0.0488. The van der Waals surface area contributed by atoms with Gasteiger partial charge in [-0.25, -0.2) is 0 Å². The van der Waals surface area contributed by atoms with Crippen molar-refractivity contribution in [3.63, 3.8) is 0 Å². The summed E-state index contributed by atoms with van der Waals surface area (Å²) in [6.07, 6.45) is 0. The number of hydrogen-bond acceptors (Lipinski definition) is 3. The fourth-order valence-electron chi connectivity index (χ4n) is 1.93. The van der Waals surface area contributed by atoms with E-state index in [1.807, 2.05) is 6.07 Å². The van der Waals surface area contributed by atoms with E-state index in [-0.39, 0.29) is 16.4 Å². The Kier molecular flexibility index (Phi) is 4.26. The molecule has 21 heavy (non-hydrogen) atoms. The molecule has 2 aromatic carbocycles. The van der Waals surface area contributed by atoms with Crippen molar-refractivity contribution in [3.05, 3.63) is 70.2 Å². The topological polar surface area (TPSA) is 54.4 Å². The summed E-state index contributed by atoms with van der Waals surface area (Å²) in [5.41, 5.74) is -0.350. The van der Waals surface area contributed by atoms with Crippen LogP contribution in [0.25, 0.3) is 0 Å². The second-order valence-electron chi connectivity index (χ2n) is 5.28. The molecule has 0 aliphatic rings. The molecule has 0 saturated carbocycles. The van der Waals surface area contributed by atoms with Crippen molar-refractivity contribution >= 4 is 23.2 Å². The zero-order chi connectivity index (χ0) is 15.6. The number of aliphatic hydroxyl groups is 1. The number of carbonyl (C=O) groups is 2. The van der Waals surface area contributed by atoms with Crippen molar-refractivity contribution in [2.75, 3.05) is 0 Å². The Morgan fingerprint density at radius 3 is 2.14 bits per heavy atom. The zero-order valence-electron chi connectivity index (χ0n) is 11.8. The van der Waals surface area contributed by atoms with E-state index in [1.54, 1.807) is 30.3 Å². The molecule has 0 aliphatic carbocycles. The Balaban J connectivity index is 2.36. The Labute approximate surface area is 128 Å². The van der Waals surface area contributed by atoms with Gasteiger partial charge in [-0.05, 0) is 26.0 Å². The molecule has 108 valence electrons. The first kappa shape index (κ1) is 15.4. The minimum absolute atomic E-state index is 0.156. The Morgan fingerprint density at radius 2 is 1.62 bits per heavy atom. The third kappa shape index (κ3) is 3.38. The first-order chi connectivity index (χ1) is 9.80. The van der Waals surface area contributed by atoms with Crippen molar-refractivity contribution in [2.24, 2.45) is 0 Å². The number of halogens is 1. The largest absolute Gasteiger partial charge is 0.382 e. The van der Waals surface area contributed by atoms with Gasteiger partial charge in [0.25, 0.3) is 0 Å². The third-order valence-corrected chi connectivity index (χ3v) is 3.38. The van der Waals surface area contributed by atoms with Crippen LogP contribution in [0.4, 0.5) is 0 Å². The highest BCUT2D eigenvalue weighted by atomic mass is 35.5. The van der Waals surface area contributed by atoms with Gasteiger partial charge >= 0.3 is 0 Å². The lowest BCUT2D eigenvalue weighted by Crippen LogP contribution is -2.31. The predicted molar refractivity (Wildman–Crippen MR) is 82.0 cm³/mol. The lowest BCUT2D eigenvalue weighted by Gasteiger charge is -2.16. The van der Waals surface area contributed by atoms with Crippen LogP contribution in [0.2, 0.25) is 5.02 Å². The number of Topliss-reactive ketones (excluding diaryl/α,β-unsaturated/α-hetero) is 1. The molecule has 0 radical (unpaired) electrons. The van der Waals surface area contributed by atoms with Gasteiger partial charge in [0.1, 0.15) is 5.60 Å². The van der Waals surface area contributed by atoms with Crippen LogP contribution in [0.3, 0.4) is 0 Å². The average Bonchev–Trinajstić information content (AvgIpc) is 2.45. The molecule has 0 saturated heterocycles. The molecule has 0 bridgehead atoms. The van der Waals surface area contributed by atoms with Gasteiger partial charge in [-0.15, -0.1) is 0 Å². The van der Waals surface area contributed by atoms with Crippen LogP contribution >= 0.6 is 11.6 Å². The predicted octanol–water partition coefficient (Wildman–Crippen LogP) is 3.52. The summed E-state index contributed by atoms with van der Waals surface area (Å²) < 4.78 is 0. The van der Waals surface area contributed by atoms with Gasteiger partial charge in [-0.3, -0.25) is 9.59 Å². The van der Waals surface area contributed by atoms with Crippen LogP contribution in [0.15, 0.2) is 48.5 Å². The summed E-state index contributed by atoms with van der Waals surface area (Å²) in [7, 11) is 0. The van der Waals surface area contributed by atoms with E-state index in [1.165, 1.54) is 26.0 Å². The van der Waals surface area contributed by atoms with Crippen LogP contribution in [0.1, 0.15) is 40.1 Å². The first-order valence-electron chi connectivity index (χ1n) is 6.47. The summed E-state index contributed by atoms with van der Waals surface area (Å²) in [5.74, 6) is -0.647. The second-order valence-corrected chi connectivity index (χ2v) is 5.69. The van der Waals surface area contributed by atoms with Crippen molar-refractivity contribution < 1.29 is 14.7 Å². The molecule has 0 amide bonds. The summed E-state index contributed by atoms with van der Waals surface area (Å²) in [5, 5.41) is 9.90. The van der Waals surface area contributed by atoms with Gasteiger partial charge in [0.2, 0.25) is 0 Å². The van der Waals surface area contributed by atoms with Gasteiger partial charge in [0.05, 0.1) is 5.02 Å². The molecule has 1 N–H and O–H groups in total. The highest BCUT2D eigenvalue weighted by molar-refractivity contribution is 6.34. The van der Waals surface area contributed by atoms with Crippen molar-refractivity contribution in [2.45, 2.75) is 19.4 Å². The minimum Gasteiger partial charge on any atom is -0.382 e. The zero-order valence-corrected chi connectivity index (χ0v) is 12.5. The van der Waals surface area contributed by atoms with Crippen molar-refractivity contribution in [1.29, 1.82) is 0 Å². The average molecular weight is 303 g/mol. The van der Waals surface area contributed by atoms with Gasteiger partial charge in [-0.1, -0.05) is 48.0 Å². The Morgan fingerprint density at radius 1 is 1.00 bits per heavy atom. The Bertz CT molecular complexity index is 685. The molecule has 0 aliphatic heterocycles. The fraction of sp³-hybridized carbons (Fsp3) is 0.176. The highest BCUT2D eigenvalue weighted by Crippen LogP contribution is 2.24. The number of benzene rings is 2. The maximum atomic E-state index is 12.3. The highest BCUT2D eigenvalue weighted by Gasteiger charge is 2.27. The van der Waals surface area contributed by atoms with Crippen LogP contribution in [-0.2, 0) is 0 Å². The molecule has 0 atom stereocenters. The number of carbonyl (C=O) groups excluding carboxylic acids is 2. The SMILES string of the molecule is CC(C)(O)C(=O)c1ccc(C(=O)c2ccccc2)cc1Cl. The number of hydrogen-bond donors (Lipinski definition) is 1. The lowest BCUT2D eigenvalue weighted by atomic mass is 9.94. The van der Waals surface area contributed by atoms with E-state index in [0.717, 1.165) is 0 Å². The van der Waals surface area contributed by atoms with Gasteiger partial charge < -0.3 is 5.11 Å². The van der Waals surface area contributed by atoms with Crippen LogP contribution in [0.5, 0.6) is 0 Å². The Hall–Kier alpha value is -1.97. The molecule has 4 heteroatoms. The molecule has 2 aromatic rings. The van der Waals surface area contributed by atoms with Gasteiger partial charge in [0.15, 0.2) is 11.6 Å². The van der Waals surface area contributed by atoms with Crippen molar-refractivity contribution in [1.82, 2.24) is 0 Å². The fourth-order valence-corrected chi connectivity index (χ4v) is 2.19. The van der Waals surface area contributed by atoms with E-state index in [4.69, 9.17) is 11.6 Å². The van der Waals surface area contributed by atoms with E-state index in [2.05, 4.69) is 0 Å². The first-order valence-corrected chi connectivity index (χ1v) is 6.85. The molecule has 0 unspecified atom stereocenters. The molecular formula is C17H15ClO3. The normalized spacial score (nSPS) is 11.2. The smallest absolute Gasteiger partial charge is 0.195 e. The van der Waals surface area contributed by atoms with Crippen LogP contribution < -0.4 is 0 Å². The molecule has 3 nitrogen and oxygen atoms in total. The minimum atomic E-state index is -1.51. The number of rotatable bonds is 4. The van der Waals surface area contributed by atoms with E-state index in [9.17, 15) is 14.7 Å². The van der Waals surface area contributed by atoms with E-state index in [0.29, 0.717) is 11.1 Å². The summed E-state index contributed by atoms with van der Waals surface area (Å²) in [6, 6.07) is 13.3. The molecule has 0 aromatic heterocycles. The van der Waals surface area contributed by atoms with Gasteiger partial charge in [-0.2, -0.15) is 0 Å².